The minimum absolute atomic E-state index is 0.0451. The number of ether oxygens (including phenoxy) is 1. The van der Waals surface area contributed by atoms with Gasteiger partial charge in [0.2, 0.25) is 11.7 Å². The molecule has 9 heteroatoms. The molecule has 0 unspecified atom stereocenters. The number of aromatic nitrogens is 2. The first-order valence-corrected chi connectivity index (χ1v) is 6.68. The summed E-state index contributed by atoms with van der Waals surface area (Å²) in [6.45, 7) is 1.86. The molecule has 1 aromatic rings. The molecule has 1 aliphatic rings. The Morgan fingerprint density at radius 3 is 2.81 bits per heavy atom. The molecule has 0 atom stereocenters. The highest BCUT2D eigenvalue weighted by molar-refractivity contribution is 5.77. The van der Waals surface area contributed by atoms with E-state index in [2.05, 4.69) is 15.3 Å². The number of nitro groups is 1. The van der Waals surface area contributed by atoms with E-state index in [1.807, 2.05) is 0 Å². The summed E-state index contributed by atoms with van der Waals surface area (Å²) >= 11 is 0. The van der Waals surface area contributed by atoms with Crippen LogP contribution in [0.3, 0.4) is 0 Å². The summed E-state index contributed by atoms with van der Waals surface area (Å²) in [5.74, 6) is -0.00637. The second kappa shape index (κ2) is 6.82. The number of hydrogen-bond donors (Lipinski definition) is 1. The van der Waals surface area contributed by atoms with E-state index in [1.54, 1.807) is 4.90 Å². The number of nitrogens with zero attached hydrogens (tertiary/aromatic N) is 4. The number of rotatable bonds is 6. The summed E-state index contributed by atoms with van der Waals surface area (Å²) in [6, 6.07) is 0. The summed E-state index contributed by atoms with van der Waals surface area (Å²) in [7, 11) is 1.30. The molecule has 2 rings (SSSR count). The fraction of sp³-hybridized carbons (Fsp3) is 0.583. The standard InChI is InChI=1S/C12H17N5O4/c1-21-12-10(17(19)20)11(14-8-15-12)13-5-4-9(18)16-6-2-3-7-16/h8H,2-7H2,1H3,(H,13,14,15). The number of anilines is 1. The first kappa shape index (κ1) is 14.9. The number of nitrogens with one attached hydrogen (secondary N) is 1. The van der Waals surface area contributed by atoms with Crippen LogP contribution in [0, 0.1) is 10.1 Å². The van der Waals surface area contributed by atoms with Crippen LogP contribution in [0.15, 0.2) is 6.33 Å². The topological polar surface area (TPSA) is 110 Å². The molecule has 0 bridgehead atoms. The molecule has 1 N–H and O–H groups in total. The Bertz CT molecular complexity index is 530. The Morgan fingerprint density at radius 1 is 1.48 bits per heavy atom. The third-order valence-electron chi connectivity index (χ3n) is 3.25. The van der Waals surface area contributed by atoms with Crippen LogP contribution >= 0.6 is 0 Å². The average Bonchev–Trinajstić information content (AvgIpc) is 3.00. The molecule has 0 saturated carbocycles. The smallest absolute Gasteiger partial charge is 0.372 e. The van der Waals surface area contributed by atoms with Gasteiger partial charge >= 0.3 is 5.69 Å². The molecule has 2 heterocycles. The lowest BCUT2D eigenvalue weighted by molar-refractivity contribution is -0.385. The van der Waals surface area contributed by atoms with Crippen molar-refractivity contribution in [3.8, 4) is 5.88 Å². The predicted molar refractivity (Wildman–Crippen MR) is 74.2 cm³/mol. The van der Waals surface area contributed by atoms with Gasteiger partial charge in [-0.05, 0) is 12.8 Å². The van der Waals surface area contributed by atoms with Crippen molar-refractivity contribution in [1.82, 2.24) is 14.9 Å². The van der Waals surface area contributed by atoms with E-state index in [0.717, 1.165) is 25.9 Å². The monoisotopic (exact) mass is 295 g/mol. The van der Waals surface area contributed by atoms with Crippen LogP contribution in [0.4, 0.5) is 11.5 Å². The third-order valence-corrected chi connectivity index (χ3v) is 3.25. The molecule has 0 aliphatic carbocycles. The van der Waals surface area contributed by atoms with Gasteiger partial charge in [0.25, 0.3) is 5.88 Å². The molecular weight excluding hydrogens is 278 g/mol. The highest BCUT2D eigenvalue weighted by atomic mass is 16.6. The van der Waals surface area contributed by atoms with Crippen molar-refractivity contribution < 1.29 is 14.5 Å². The van der Waals surface area contributed by atoms with Crippen LogP contribution in [0.5, 0.6) is 5.88 Å². The molecule has 1 aliphatic heterocycles. The van der Waals surface area contributed by atoms with Gasteiger partial charge in [-0.1, -0.05) is 0 Å². The first-order valence-electron chi connectivity index (χ1n) is 6.68. The third kappa shape index (κ3) is 3.56. The highest BCUT2D eigenvalue weighted by Gasteiger charge is 2.24. The zero-order chi connectivity index (χ0) is 15.2. The first-order chi connectivity index (χ1) is 10.1. The van der Waals surface area contributed by atoms with Crippen molar-refractivity contribution in [3.05, 3.63) is 16.4 Å². The van der Waals surface area contributed by atoms with Gasteiger partial charge < -0.3 is 15.0 Å². The van der Waals surface area contributed by atoms with Crippen LogP contribution in [0.25, 0.3) is 0 Å². The van der Waals surface area contributed by atoms with Crippen LogP contribution in [-0.2, 0) is 4.79 Å². The Hall–Kier alpha value is -2.45. The van der Waals surface area contributed by atoms with E-state index in [4.69, 9.17) is 4.74 Å². The van der Waals surface area contributed by atoms with Gasteiger partial charge in [0.15, 0.2) is 0 Å². The average molecular weight is 295 g/mol. The molecule has 1 aromatic heterocycles. The van der Waals surface area contributed by atoms with Crippen molar-refractivity contribution in [2.75, 3.05) is 32.1 Å². The summed E-state index contributed by atoms with van der Waals surface area (Å²) in [5, 5.41) is 13.8. The predicted octanol–water partition coefficient (Wildman–Crippen LogP) is 0.818. The maximum atomic E-state index is 11.9. The van der Waals surface area contributed by atoms with Crippen molar-refractivity contribution in [2.45, 2.75) is 19.3 Å². The zero-order valence-corrected chi connectivity index (χ0v) is 11.7. The van der Waals surface area contributed by atoms with Gasteiger partial charge in [-0.2, -0.15) is 4.98 Å². The number of likely N-dealkylation sites (tertiary alicyclic amines) is 1. The summed E-state index contributed by atoms with van der Waals surface area (Å²) < 4.78 is 4.85. The number of carbonyl (C=O) groups excluding carboxylic acids is 1. The maximum absolute atomic E-state index is 11.9. The molecule has 21 heavy (non-hydrogen) atoms. The van der Waals surface area contributed by atoms with Gasteiger partial charge in [0.1, 0.15) is 6.33 Å². The van der Waals surface area contributed by atoms with E-state index >= 15 is 0 Å². The molecule has 0 aromatic carbocycles. The second-order valence-electron chi connectivity index (χ2n) is 4.60. The SMILES string of the molecule is COc1ncnc(NCCC(=O)N2CCCC2)c1[N+](=O)[O-]. The lowest BCUT2D eigenvalue weighted by Crippen LogP contribution is -2.29. The Kier molecular flexibility index (Phi) is 4.85. The van der Waals surface area contributed by atoms with Gasteiger partial charge in [-0.25, -0.2) is 4.98 Å². The summed E-state index contributed by atoms with van der Waals surface area (Å²) in [4.78, 5) is 31.6. The fourth-order valence-corrected chi connectivity index (χ4v) is 2.22. The molecular formula is C12H17N5O4. The van der Waals surface area contributed by atoms with Crippen molar-refractivity contribution in [2.24, 2.45) is 0 Å². The quantitative estimate of drug-likeness (QED) is 0.611. The van der Waals surface area contributed by atoms with Crippen LogP contribution in [-0.4, -0.2) is 52.4 Å². The summed E-state index contributed by atoms with van der Waals surface area (Å²) in [6.07, 6.45) is 3.52. The van der Waals surface area contributed by atoms with Gasteiger partial charge in [-0.3, -0.25) is 14.9 Å². The van der Waals surface area contributed by atoms with E-state index in [-0.39, 0.29) is 36.3 Å². The molecule has 9 nitrogen and oxygen atoms in total. The van der Waals surface area contributed by atoms with Crippen LogP contribution in [0.2, 0.25) is 0 Å². The second-order valence-corrected chi connectivity index (χ2v) is 4.60. The molecule has 114 valence electrons. The maximum Gasteiger partial charge on any atom is 0.372 e. The lowest BCUT2D eigenvalue weighted by Gasteiger charge is -2.15. The summed E-state index contributed by atoms with van der Waals surface area (Å²) in [5.41, 5.74) is -0.325. The minimum Gasteiger partial charge on any atom is -0.476 e. The molecule has 1 fully saturated rings. The largest absolute Gasteiger partial charge is 0.476 e. The number of carbonyl (C=O) groups is 1. The number of amides is 1. The van der Waals surface area contributed by atoms with E-state index in [0.29, 0.717) is 0 Å². The molecule has 0 spiro atoms. The van der Waals surface area contributed by atoms with E-state index < -0.39 is 4.92 Å². The van der Waals surface area contributed by atoms with Crippen molar-refractivity contribution >= 4 is 17.4 Å². The van der Waals surface area contributed by atoms with E-state index in [1.165, 1.54) is 13.4 Å². The Morgan fingerprint density at radius 2 is 2.19 bits per heavy atom. The number of hydrogen-bond acceptors (Lipinski definition) is 7. The van der Waals surface area contributed by atoms with Gasteiger partial charge in [0.05, 0.1) is 12.0 Å². The molecule has 1 amide bonds. The Balaban J connectivity index is 1.96. The van der Waals surface area contributed by atoms with E-state index in [9.17, 15) is 14.9 Å². The molecule has 1 saturated heterocycles. The highest BCUT2D eigenvalue weighted by Crippen LogP contribution is 2.30. The fourth-order valence-electron chi connectivity index (χ4n) is 2.22. The normalized spacial score (nSPS) is 14.0. The Labute approximate surface area is 121 Å². The zero-order valence-electron chi connectivity index (χ0n) is 11.7. The number of methoxy groups -OCH3 is 1. The van der Waals surface area contributed by atoms with Crippen molar-refractivity contribution in [1.29, 1.82) is 0 Å². The van der Waals surface area contributed by atoms with Crippen LogP contribution < -0.4 is 10.1 Å². The lowest BCUT2D eigenvalue weighted by atomic mass is 10.3. The minimum atomic E-state index is -0.608. The van der Waals surface area contributed by atoms with Gasteiger partial charge in [-0.15, -0.1) is 0 Å². The van der Waals surface area contributed by atoms with Crippen LogP contribution in [0.1, 0.15) is 19.3 Å². The van der Waals surface area contributed by atoms with Crippen molar-refractivity contribution in [3.63, 3.8) is 0 Å². The molecule has 0 radical (unpaired) electrons. The van der Waals surface area contributed by atoms with Gasteiger partial charge in [0, 0.05) is 26.1 Å².